The number of piperazine rings is 1. The number of benzene rings is 1. The third-order valence-corrected chi connectivity index (χ3v) is 5.81. The lowest BCUT2D eigenvalue weighted by Gasteiger charge is -2.55. The predicted octanol–water partition coefficient (Wildman–Crippen LogP) is 1.50. The van der Waals surface area contributed by atoms with E-state index in [1.807, 2.05) is 12.1 Å². The second-order valence-corrected chi connectivity index (χ2v) is 7.47. The molecule has 2 saturated heterocycles. The molecule has 1 N–H and O–H groups in total. The van der Waals surface area contributed by atoms with Gasteiger partial charge < -0.3 is 14.6 Å². The van der Waals surface area contributed by atoms with Gasteiger partial charge in [-0.1, -0.05) is 12.1 Å². The molecule has 3 aliphatic heterocycles. The summed E-state index contributed by atoms with van der Waals surface area (Å²) in [6.07, 6.45) is 0.799. The molecular formula is C18H24N2O4. The number of nitrogens with zero attached hydrogens (tertiary/aromatic N) is 2. The maximum atomic E-state index is 11.3. The molecule has 6 nitrogen and oxygen atoms in total. The number of fused-ring (bicyclic) bond motifs is 2. The monoisotopic (exact) mass is 332 g/mol. The molecule has 130 valence electrons. The Morgan fingerprint density at radius 1 is 1.46 bits per heavy atom. The lowest BCUT2D eigenvalue weighted by atomic mass is 9.83. The number of carbonyl (C=O) groups is 1. The average molecular weight is 332 g/mol. The number of hydrogen-bond acceptors (Lipinski definition) is 5. The Kier molecular flexibility index (Phi) is 3.60. The summed E-state index contributed by atoms with van der Waals surface area (Å²) in [7, 11) is 1.71. The standard InChI is InChI=1S/C18H24N2O4/c1-18(2)17-20-12(8-19(18)9-15(21)22)7-11-5-4-6-14(23-3)16(11)13(20)10-24-17/h4-6,12-13,17H,7-10H2,1-3H3,(H,21,22)/t12-,13+,17-/m1/s1. The lowest BCUT2D eigenvalue weighted by Crippen LogP contribution is -2.69. The van der Waals surface area contributed by atoms with E-state index in [9.17, 15) is 9.90 Å². The molecule has 0 aliphatic carbocycles. The van der Waals surface area contributed by atoms with Crippen LogP contribution in [0, 0.1) is 0 Å². The van der Waals surface area contributed by atoms with Crippen LogP contribution in [0.1, 0.15) is 31.0 Å². The Bertz CT molecular complexity index is 675. The van der Waals surface area contributed by atoms with Crippen LogP contribution in [-0.4, -0.2) is 65.5 Å². The maximum absolute atomic E-state index is 11.3. The van der Waals surface area contributed by atoms with Crippen LogP contribution in [0.4, 0.5) is 0 Å². The van der Waals surface area contributed by atoms with Crippen molar-refractivity contribution < 1.29 is 19.4 Å². The van der Waals surface area contributed by atoms with Crippen LogP contribution in [0.25, 0.3) is 0 Å². The zero-order valence-electron chi connectivity index (χ0n) is 14.4. The van der Waals surface area contributed by atoms with Gasteiger partial charge in [-0.15, -0.1) is 0 Å². The lowest BCUT2D eigenvalue weighted by molar-refractivity contribution is -0.160. The van der Waals surface area contributed by atoms with Crippen molar-refractivity contribution >= 4 is 5.97 Å². The molecule has 6 heteroatoms. The average Bonchev–Trinajstić information content (AvgIpc) is 2.98. The summed E-state index contributed by atoms with van der Waals surface area (Å²) >= 11 is 0. The third-order valence-electron chi connectivity index (χ3n) is 5.81. The highest BCUT2D eigenvalue weighted by atomic mass is 16.5. The zero-order chi connectivity index (χ0) is 17.1. The molecule has 3 aliphatic rings. The van der Waals surface area contributed by atoms with Crippen molar-refractivity contribution in [1.82, 2.24) is 9.80 Å². The van der Waals surface area contributed by atoms with Crippen molar-refractivity contribution in [2.45, 2.75) is 44.1 Å². The number of rotatable bonds is 3. The van der Waals surface area contributed by atoms with E-state index in [0.29, 0.717) is 6.61 Å². The highest BCUT2D eigenvalue weighted by molar-refractivity contribution is 5.69. The molecule has 4 rings (SSSR count). The normalized spacial score (nSPS) is 31.4. The molecule has 3 heterocycles. The highest BCUT2D eigenvalue weighted by Gasteiger charge is 2.56. The van der Waals surface area contributed by atoms with Gasteiger partial charge >= 0.3 is 5.97 Å². The molecule has 1 aromatic carbocycles. The van der Waals surface area contributed by atoms with Gasteiger partial charge in [0.15, 0.2) is 0 Å². The number of aliphatic carboxylic acids is 1. The van der Waals surface area contributed by atoms with Crippen molar-refractivity contribution in [3.63, 3.8) is 0 Å². The van der Waals surface area contributed by atoms with Crippen molar-refractivity contribution in [2.75, 3.05) is 26.8 Å². The van der Waals surface area contributed by atoms with Crippen LogP contribution < -0.4 is 4.74 Å². The summed E-state index contributed by atoms with van der Waals surface area (Å²) in [4.78, 5) is 15.8. The van der Waals surface area contributed by atoms with E-state index in [0.717, 1.165) is 18.7 Å². The fourth-order valence-corrected chi connectivity index (χ4v) is 4.68. The first-order chi connectivity index (χ1) is 11.4. The molecule has 3 atom stereocenters. The smallest absolute Gasteiger partial charge is 0.317 e. The Labute approximate surface area is 141 Å². The van der Waals surface area contributed by atoms with Gasteiger partial charge in [0, 0.05) is 18.2 Å². The van der Waals surface area contributed by atoms with Crippen LogP contribution in [0.15, 0.2) is 18.2 Å². The molecular weight excluding hydrogens is 308 g/mol. The van der Waals surface area contributed by atoms with Gasteiger partial charge in [0.05, 0.1) is 31.8 Å². The zero-order valence-corrected chi connectivity index (χ0v) is 14.4. The second kappa shape index (κ2) is 5.44. The number of ether oxygens (including phenoxy) is 2. The SMILES string of the molecule is COc1cccc2c1[C@@H]1CO[C@H]3N1[C@H](C2)CN(CC(=O)O)C3(C)C. The van der Waals surface area contributed by atoms with Gasteiger partial charge in [-0.25, -0.2) is 0 Å². The molecule has 0 spiro atoms. The maximum Gasteiger partial charge on any atom is 0.317 e. The first kappa shape index (κ1) is 15.9. The van der Waals surface area contributed by atoms with Crippen LogP contribution in [0.5, 0.6) is 5.75 Å². The Hall–Kier alpha value is -1.63. The molecule has 2 fully saturated rings. The molecule has 0 amide bonds. The van der Waals surface area contributed by atoms with Crippen LogP contribution in [0.2, 0.25) is 0 Å². The van der Waals surface area contributed by atoms with E-state index in [2.05, 4.69) is 29.7 Å². The number of carboxylic acids is 1. The Balaban J connectivity index is 1.75. The topological polar surface area (TPSA) is 62.2 Å². The fraction of sp³-hybridized carbons (Fsp3) is 0.611. The molecule has 0 bridgehead atoms. The second-order valence-electron chi connectivity index (χ2n) is 7.47. The van der Waals surface area contributed by atoms with Crippen molar-refractivity contribution in [2.24, 2.45) is 0 Å². The van der Waals surface area contributed by atoms with Gasteiger partial charge in [-0.3, -0.25) is 14.6 Å². The van der Waals surface area contributed by atoms with Crippen molar-refractivity contribution in [3.8, 4) is 5.75 Å². The van der Waals surface area contributed by atoms with E-state index < -0.39 is 5.97 Å². The number of hydrogen-bond donors (Lipinski definition) is 1. The fourth-order valence-electron chi connectivity index (χ4n) is 4.68. The first-order valence-corrected chi connectivity index (χ1v) is 8.45. The molecule has 1 aromatic rings. The molecule has 0 radical (unpaired) electrons. The summed E-state index contributed by atoms with van der Waals surface area (Å²) in [6, 6.07) is 6.66. The predicted molar refractivity (Wildman–Crippen MR) is 88.1 cm³/mol. The number of methoxy groups -OCH3 is 1. The summed E-state index contributed by atoms with van der Waals surface area (Å²) in [5, 5.41) is 9.28. The number of carboxylic acid groups (broad SMARTS) is 1. The molecule has 24 heavy (non-hydrogen) atoms. The van der Waals surface area contributed by atoms with E-state index in [-0.39, 0.29) is 30.4 Å². The van der Waals surface area contributed by atoms with Gasteiger partial charge in [0.1, 0.15) is 12.0 Å². The van der Waals surface area contributed by atoms with E-state index in [1.54, 1.807) is 7.11 Å². The van der Waals surface area contributed by atoms with Crippen LogP contribution in [0.3, 0.4) is 0 Å². The van der Waals surface area contributed by atoms with Gasteiger partial charge in [-0.05, 0) is 31.9 Å². The van der Waals surface area contributed by atoms with Crippen LogP contribution >= 0.6 is 0 Å². The van der Waals surface area contributed by atoms with Gasteiger partial charge in [0.25, 0.3) is 0 Å². The largest absolute Gasteiger partial charge is 0.496 e. The molecule has 0 unspecified atom stereocenters. The van der Waals surface area contributed by atoms with Crippen LogP contribution in [-0.2, 0) is 16.0 Å². The summed E-state index contributed by atoms with van der Waals surface area (Å²) in [5.41, 5.74) is 2.18. The minimum Gasteiger partial charge on any atom is -0.496 e. The highest BCUT2D eigenvalue weighted by Crippen LogP contribution is 2.48. The summed E-state index contributed by atoms with van der Waals surface area (Å²) in [5.74, 6) is 0.134. The van der Waals surface area contributed by atoms with E-state index in [4.69, 9.17) is 9.47 Å². The quantitative estimate of drug-likeness (QED) is 0.905. The minimum atomic E-state index is -0.788. The Morgan fingerprint density at radius 3 is 2.96 bits per heavy atom. The van der Waals surface area contributed by atoms with Gasteiger partial charge in [0.2, 0.25) is 0 Å². The van der Waals surface area contributed by atoms with E-state index in [1.165, 1.54) is 11.1 Å². The molecule has 0 aromatic heterocycles. The Morgan fingerprint density at radius 2 is 2.25 bits per heavy atom. The summed E-state index contributed by atoms with van der Waals surface area (Å²) in [6.45, 7) is 5.58. The van der Waals surface area contributed by atoms with E-state index >= 15 is 0 Å². The third kappa shape index (κ3) is 2.17. The first-order valence-electron chi connectivity index (χ1n) is 8.45. The minimum absolute atomic E-state index is 0.0484. The van der Waals surface area contributed by atoms with Crippen molar-refractivity contribution in [1.29, 1.82) is 0 Å². The summed E-state index contributed by atoms with van der Waals surface area (Å²) < 4.78 is 11.8. The van der Waals surface area contributed by atoms with Crippen molar-refractivity contribution in [3.05, 3.63) is 29.3 Å². The van der Waals surface area contributed by atoms with Gasteiger partial charge in [-0.2, -0.15) is 0 Å². The molecule has 0 saturated carbocycles.